The highest BCUT2D eigenvalue weighted by Crippen LogP contribution is 2.47. The van der Waals surface area contributed by atoms with Crippen LogP contribution in [-0.2, 0) is 16.0 Å². The Labute approximate surface area is 177 Å². The number of nitrogens with zero attached hydrogens (tertiary/aromatic N) is 3. The summed E-state index contributed by atoms with van der Waals surface area (Å²) in [5, 5.41) is 7.14. The standard InChI is InChI=1S/C23H30N4O3/c1-2-15-27-18-9-6-13-23(18,14-12-21(27)29)16-24-19(28)10-11-20-25-22(26-30-20)17-7-4-3-5-8-17/h3-5,7-8,18H,2,6,9-16H2,1H3,(H,24,28)/t18-,23+/m1/s1. The van der Waals surface area contributed by atoms with E-state index in [4.69, 9.17) is 4.52 Å². The lowest BCUT2D eigenvalue weighted by molar-refractivity contribution is -0.142. The minimum absolute atomic E-state index is 0.00609. The molecule has 1 N–H and O–H groups in total. The number of benzene rings is 1. The summed E-state index contributed by atoms with van der Waals surface area (Å²) in [5.41, 5.74) is 0.927. The number of amides is 2. The number of likely N-dealkylation sites (tertiary alicyclic amines) is 1. The molecule has 2 amide bonds. The van der Waals surface area contributed by atoms with Crippen LogP contribution >= 0.6 is 0 Å². The van der Waals surface area contributed by atoms with Gasteiger partial charge in [0.15, 0.2) is 0 Å². The summed E-state index contributed by atoms with van der Waals surface area (Å²) >= 11 is 0. The van der Waals surface area contributed by atoms with Crippen LogP contribution in [0.15, 0.2) is 34.9 Å². The molecule has 2 aliphatic rings. The van der Waals surface area contributed by atoms with Gasteiger partial charge in [-0.25, -0.2) is 0 Å². The second kappa shape index (κ2) is 8.98. The summed E-state index contributed by atoms with van der Waals surface area (Å²) in [6.07, 6.45) is 6.43. The van der Waals surface area contributed by atoms with Crippen molar-refractivity contribution in [3.63, 3.8) is 0 Å². The maximum Gasteiger partial charge on any atom is 0.227 e. The Balaban J connectivity index is 1.31. The van der Waals surface area contributed by atoms with Gasteiger partial charge in [0, 0.05) is 49.4 Å². The number of carbonyl (C=O) groups excluding carboxylic acids is 2. The number of piperidine rings is 1. The first-order valence-corrected chi connectivity index (χ1v) is 11.1. The van der Waals surface area contributed by atoms with E-state index in [9.17, 15) is 9.59 Å². The number of rotatable bonds is 8. The van der Waals surface area contributed by atoms with Crippen molar-refractivity contribution in [2.75, 3.05) is 13.1 Å². The zero-order valence-electron chi connectivity index (χ0n) is 17.6. The molecule has 0 unspecified atom stereocenters. The molecular weight excluding hydrogens is 380 g/mol. The van der Waals surface area contributed by atoms with Crippen molar-refractivity contribution in [2.24, 2.45) is 5.41 Å². The number of fused-ring (bicyclic) bond motifs is 1. The van der Waals surface area contributed by atoms with E-state index in [1.807, 2.05) is 30.3 Å². The highest BCUT2D eigenvalue weighted by atomic mass is 16.5. The van der Waals surface area contributed by atoms with Crippen molar-refractivity contribution in [1.29, 1.82) is 0 Å². The van der Waals surface area contributed by atoms with E-state index in [0.29, 0.717) is 37.5 Å². The van der Waals surface area contributed by atoms with E-state index in [2.05, 4.69) is 27.3 Å². The quantitative estimate of drug-likeness (QED) is 0.721. The summed E-state index contributed by atoms with van der Waals surface area (Å²) in [5.74, 6) is 1.28. The molecule has 1 aromatic carbocycles. The summed E-state index contributed by atoms with van der Waals surface area (Å²) in [4.78, 5) is 31.4. The van der Waals surface area contributed by atoms with Gasteiger partial charge < -0.3 is 14.7 Å². The first-order valence-electron chi connectivity index (χ1n) is 11.1. The molecule has 30 heavy (non-hydrogen) atoms. The topological polar surface area (TPSA) is 88.3 Å². The Morgan fingerprint density at radius 1 is 1.30 bits per heavy atom. The number of carbonyl (C=O) groups is 2. The van der Waals surface area contributed by atoms with E-state index in [0.717, 1.165) is 44.2 Å². The highest BCUT2D eigenvalue weighted by molar-refractivity contribution is 5.78. The number of aromatic nitrogens is 2. The summed E-state index contributed by atoms with van der Waals surface area (Å²) in [6.45, 7) is 3.57. The molecule has 160 valence electrons. The first-order chi connectivity index (χ1) is 14.6. The van der Waals surface area contributed by atoms with Gasteiger partial charge in [0.2, 0.25) is 23.5 Å². The minimum atomic E-state index is -0.00609. The fourth-order valence-electron chi connectivity index (χ4n) is 5.03. The second-order valence-electron chi connectivity index (χ2n) is 8.51. The zero-order valence-corrected chi connectivity index (χ0v) is 17.6. The van der Waals surface area contributed by atoms with E-state index < -0.39 is 0 Å². The number of hydrogen-bond donors (Lipinski definition) is 1. The van der Waals surface area contributed by atoms with Gasteiger partial charge in [-0.05, 0) is 25.7 Å². The zero-order chi connectivity index (χ0) is 21.0. The van der Waals surface area contributed by atoms with E-state index in [1.165, 1.54) is 0 Å². The number of nitrogens with one attached hydrogen (secondary N) is 1. The van der Waals surface area contributed by atoms with Crippen LogP contribution in [0.4, 0.5) is 0 Å². The van der Waals surface area contributed by atoms with Crippen LogP contribution in [0.3, 0.4) is 0 Å². The van der Waals surface area contributed by atoms with Crippen molar-refractivity contribution in [3.8, 4) is 11.4 Å². The van der Waals surface area contributed by atoms with Crippen molar-refractivity contribution in [3.05, 3.63) is 36.2 Å². The lowest BCUT2D eigenvalue weighted by Gasteiger charge is -2.46. The van der Waals surface area contributed by atoms with Gasteiger partial charge in [0.25, 0.3) is 0 Å². The largest absolute Gasteiger partial charge is 0.355 e. The van der Waals surface area contributed by atoms with E-state index in [-0.39, 0.29) is 23.3 Å². The molecule has 0 bridgehead atoms. The summed E-state index contributed by atoms with van der Waals surface area (Å²) in [7, 11) is 0. The average molecular weight is 411 g/mol. The Hall–Kier alpha value is -2.70. The fraction of sp³-hybridized carbons (Fsp3) is 0.565. The van der Waals surface area contributed by atoms with Crippen molar-refractivity contribution < 1.29 is 14.1 Å². The van der Waals surface area contributed by atoms with Crippen LogP contribution in [0, 0.1) is 5.41 Å². The van der Waals surface area contributed by atoms with Gasteiger partial charge in [-0.3, -0.25) is 9.59 Å². The molecule has 1 saturated carbocycles. The van der Waals surface area contributed by atoms with Crippen LogP contribution in [0.5, 0.6) is 0 Å². The molecule has 7 heteroatoms. The predicted molar refractivity (Wildman–Crippen MR) is 112 cm³/mol. The van der Waals surface area contributed by atoms with Gasteiger partial charge in [-0.2, -0.15) is 4.98 Å². The van der Waals surface area contributed by atoms with Gasteiger partial charge >= 0.3 is 0 Å². The smallest absolute Gasteiger partial charge is 0.227 e. The van der Waals surface area contributed by atoms with Crippen LogP contribution in [0.1, 0.15) is 57.8 Å². The molecule has 1 aliphatic carbocycles. The average Bonchev–Trinajstić information content (AvgIpc) is 3.41. The Bertz CT molecular complexity index is 882. The van der Waals surface area contributed by atoms with E-state index in [1.54, 1.807) is 0 Å². The molecular formula is C23H30N4O3. The molecule has 7 nitrogen and oxygen atoms in total. The number of aryl methyl sites for hydroxylation is 1. The summed E-state index contributed by atoms with van der Waals surface area (Å²) in [6, 6.07) is 9.91. The van der Waals surface area contributed by atoms with Gasteiger partial charge in [0.05, 0.1) is 0 Å². The molecule has 1 aliphatic heterocycles. The van der Waals surface area contributed by atoms with E-state index >= 15 is 0 Å². The lowest BCUT2D eigenvalue weighted by atomic mass is 9.74. The SMILES string of the molecule is CCCN1C(=O)CC[C@]2(CNC(=O)CCc3nc(-c4ccccc4)no3)CCC[C@@H]12. The molecule has 2 aromatic rings. The first kappa shape index (κ1) is 20.6. The minimum Gasteiger partial charge on any atom is -0.355 e. The monoisotopic (exact) mass is 410 g/mol. The van der Waals surface area contributed by atoms with Crippen molar-refractivity contribution in [2.45, 2.75) is 64.3 Å². The third-order valence-corrected chi connectivity index (χ3v) is 6.56. The predicted octanol–water partition coefficient (Wildman–Crippen LogP) is 3.36. The van der Waals surface area contributed by atoms with Crippen LogP contribution in [0.2, 0.25) is 0 Å². The molecule has 2 fully saturated rings. The molecule has 2 heterocycles. The lowest BCUT2D eigenvalue weighted by Crippen LogP contribution is -2.56. The second-order valence-corrected chi connectivity index (χ2v) is 8.51. The Kier molecular flexibility index (Phi) is 6.16. The molecule has 2 atom stereocenters. The van der Waals surface area contributed by atoms with Gasteiger partial charge in [-0.15, -0.1) is 0 Å². The molecule has 0 radical (unpaired) electrons. The van der Waals surface area contributed by atoms with Gasteiger partial charge in [-0.1, -0.05) is 48.8 Å². The maximum absolute atomic E-state index is 12.5. The maximum atomic E-state index is 12.5. The number of hydrogen-bond acceptors (Lipinski definition) is 5. The van der Waals surface area contributed by atoms with Crippen LogP contribution in [0.25, 0.3) is 11.4 Å². The third kappa shape index (κ3) is 4.25. The Morgan fingerprint density at radius 2 is 2.13 bits per heavy atom. The molecule has 4 rings (SSSR count). The highest BCUT2D eigenvalue weighted by Gasteiger charge is 2.49. The van der Waals surface area contributed by atoms with Gasteiger partial charge in [0.1, 0.15) is 0 Å². The Morgan fingerprint density at radius 3 is 2.93 bits per heavy atom. The van der Waals surface area contributed by atoms with Crippen molar-refractivity contribution in [1.82, 2.24) is 20.4 Å². The fourth-order valence-corrected chi connectivity index (χ4v) is 5.03. The van der Waals surface area contributed by atoms with Crippen molar-refractivity contribution >= 4 is 11.8 Å². The molecule has 1 saturated heterocycles. The normalized spacial score (nSPS) is 23.4. The summed E-state index contributed by atoms with van der Waals surface area (Å²) < 4.78 is 5.30. The van der Waals surface area contributed by atoms with Crippen LogP contribution in [-0.4, -0.2) is 46.0 Å². The van der Waals surface area contributed by atoms with Crippen LogP contribution < -0.4 is 5.32 Å². The third-order valence-electron chi connectivity index (χ3n) is 6.56. The molecule has 0 spiro atoms. The molecule has 1 aromatic heterocycles.